The standard InChI is InChI=1S/C21H27ClN4O4/c1-28-19-5-4-15(22)11-18(19)26-8-6-25(7-9-26)13-20-24-17(14-30-20)21(27)23-12-16-3-2-10-29-16/h4-5,11,14,16H,2-3,6-10,12-13H2,1H3,(H,23,27)/t16-/m1/s1. The molecule has 2 aliphatic heterocycles. The first kappa shape index (κ1) is 21.0. The SMILES string of the molecule is COc1ccc(Cl)cc1N1CCN(Cc2nc(C(=O)NC[C@H]3CCCO3)co2)CC1. The first-order chi connectivity index (χ1) is 14.6. The minimum absolute atomic E-state index is 0.106. The van der Waals surface area contributed by atoms with E-state index in [2.05, 4.69) is 20.1 Å². The lowest BCUT2D eigenvalue weighted by Crippen LogP contribution is -2.46. The van der Waals surface area contributed by atoms with E-state index in [-0.39, 0.29) is 12.0 Å². The quantitative estimate of drug-likeness (QED) is 0.717. The smallest absolute Gasteiger partial charge is 0.273 e. The van der Waals surface area contributed by atoms with Crippen LogP contribution in [-0.4, -0.2) is 68.3 Å². The third kappa shape index (κ3) is 5.06. The number of piperazine rings is 1. The maximum Gasteiger partial charge on any atom is 0.273 e. The predicted octanol–water partition coefficient (Wildman–Crippen LogP) is 2.57. The Labute approximate surface area is 181 Å². The predicted molar refractivity (Wildman–Crippen MR) is 113 cm³/mol. The molecule has 0 saturated carbocycles. The normalized spacial score (nSPS) is 19.8. The summed E-state index contributed by atoms with van der Waals surface area (Å²) >= 11 is 6.16. The Hall–Kier alpha value is -2.29. The van der Waals surface area contributed by atoms with Crippen LogP contribution in [0.15, 0.2) is 28.9 Å². The van der Waals surface area contributed by atoms with Crippen molar-refractivity contribution in [2.75, 3.05) is 51.3 Å². The van der Waals surface area contributed by atoms with Crippen LogP contribution in [0.3, 0.4) is 0 Å². The van der Waals surface area contributed by atoms with Crippen LogP contribution in [0.4, 0.5) is 5.69 Å². The number of hydrogen-bond acceptors (Lipinski definition) is 7. The number of anilines is 1. The van der Waals surface area contributed by atoms with Gasteiger partial charge in [0.25, 0.3) is 5.91 Å². The molecule has 0 bridgehead atoms. The second-order valence-corrected chi connectivity index (χ2v) is 7.99. The summed E-state index contributed by atoms with van der Waals surface area (Å²) in [6.45, 7) is 5.22. The minimum atomic E-state index is -0.224. The summed E-state index contributed by atoms with van der Waals surface area (Å²) in [5.41, 5.74) is 1.32. The van der Waals surface area contributed by atoms with E-state index in [9.17, 15) is 4.79 Å². The number of carbonyl (C=O) groups excluding carboxylic acids is 1. The topological polar surface area (TPSA) is 80.1 Å². The number of halogens is 1. The maximum atomic E-state index is 12.3. The third-order valence-electron chi connectivity index (χ3n) is 5.51. The van der Waals surface area contributed by atoms with E-state index in [4.69, 9.17) is 25.5 Å². The van der Waals surface area contributed by atoms with Gasteiger partial charge in [-0.05, 0) is 31.0 Å². The zero-order valence-electron chi connectivity index (χ0n) is 17.1. The average Bonchev–Trinajstić information content (AvgIpc) is 3.45. The van der Waals surface area contributed by atoms with Crippen molar-refractivity contribution in [3.63, 3.8) is 0 Å². The van der Waals surface area contributed by atoms with Crippen LogP contribution < -0.4 is 15.0 Å². The summed E-state index contributed by atoms with van der Waals surface area (Å²) in [4.78, 5) is 21.1. The fourth-order valence-electron chi connectivity index (χ4n) is 3.84. The molecule has 0 aliphatic carbocycles. The molecule has 162 valence electrons. The Morgan fingerprint density at radius 1 is 1.33 bits per heavy atom. The number of benzene rings is 1. The van der Waals surface area contributed by atoms with Crippen LogP contribution in [0.25, 0.3) is 0 Å². The van der Waals surface area contributed by atoms with Gasteiger partial charge in [0.2, 0.25) is 5.89 Å². The Kier molecular flexibility index (Phi) is 6.76. The molecular weight excluding hydrogens is 408 g/mol. The summed E-state index contributed by atoms with van der Waals surface area (Å²) in [7, 11) is 1.67. The molecule has 2 saturated heterocycles. The highest BCUT2D eigenvalue weighted by atomic mass is 35.5. The Morgan fingerprint density at radius 3 is 2.90 bits per heavy atom. The number of ether oxygens (including phenoxy) is 2. The highest BCUT2D eigenvalue weighted by Crippen LogP contribution is 2.32. The molecule has 1 amide bonds. The van der Waals surface area contributed by atoms with Gasteiger partial charge in [-0.25, -0.2) is 4.98 Å². The summed E-state index contributed by atoms with van der Waals surface area (Å²) in [5, 5.41) is 3.56. The van der Waals surface area contributed by atoms with Crippen molar-refractivity contribution in [1.29, 1.82) is 0 Å². The van der Waals surface area contributed by atoms with Crippen molar-refractivity contribution in [2.45, 2.75) is 25.5 Å². The number of nitrogens with zero attached hydrogens (tertiary/aromatic N) is 3. The van der Waals surface area contributed by atoms with E-state index < -0.39 is 0 Å². The minimum Gasteiger partial charge on any atom is -0.495 e. The molecule has 0 unspecified atom stereocenters. The lowest BCUT2D eigenvalue weighted by Gasteiger charge is -2.36. The van der Waals surface area contributed by atoms with Crippen molar-refractivity contribution in [3.05, 3.63) is 41.1 Å². The molecule has 2 aromatic rings. The number of nitrogens with one attached hydrogen (secondary N) is 1. The van der Waals surface area contributed by atoms with Crippen molar-refractivity contribution in [1.82, 2.24) is 15.2 Å². The molecule has 0 spiro atoms. The lowest BCUT2D eigenvalue weighted by molar-refractivity contribution is 0.0853. The van der Waals surface area contributed by atoms with Gasteiger partial charge in [0, 0.05) is 44.4 Å². The molecule has 4 rings (SSSR count). The number of oxazole rings is 1. The van der Waals surface area contributed by atoms with E-state index in [1.165, 1.54) is 6.26 Å². The summed E-state index contributed by atoms with van der Waals surface area (Å²) in [6.07, 6.45) is 3.56. The van der Waals surface area contributed by atoms with Crippen LogP contribution >= 0.6 is 11.6 Å². The van der Waals surface area contributed by atoms with E-state index in [1.807, 2.05) is 18.2 Å². The average molecular weight is 435 g/mol. The van der Waals surface area contributed by atoms with Crippen LogP contribution in [-0.2, 0) is 11.3 Å². The molecule has 1 aromatic heterocycles. The Bertz CT molecular complexity index is 860. The van der Waals surface area contributed by atoms with Gasteiger partial charge in [0.1, 0.15) is 12.0 Å². The van der Waals surface area contributed by atoms with Gasteiger partial charge in [0.05, 0.1) is 25.4 Å². The maximum absolute atomic E-state index is 12.3. The molecule has 2 fully saturated rings. The largest absolute Gasteiger partial charge is 0.495 e. The van der Waals surface area contributed by atoms with E-state index in [0.29, 0.717) is 29.7 Å². The van der Waals surface area contributed by atoms with Gasteiger partial charge in [-0.2, -0.15) is 0 Å². The number of hydrogen-bond donors (Lipinski definition) is 1. The molecule has 1 N–H and O–H groups in total. The van der Waals surface area contributed by atoms with Crippen molar-refractivity contribution < 1.29 is 18.7 Å². The monoisotopic (exact) mass is 434 g/mol. The number of rotatable bonds is 7. The van der Waals surface area contributed by atoms with E-state index in [0.717, 1.165) is 57.1 Å². The molecule has 8 nitrogen and oxygen atoms in total. The number of amides is 1. The second kappa shape index (κ2) is 9.68. The van der Waals surface area contributed by atoms with Gasteiger partial charge in [-0.15, -0.1) is 0 Å². The van der Waals surface area contributed by atoms with E-state index >= 15 is 0 Å². The molecular formula is C21H27ClN4O4. The lowest BCUT2D eigenvalue weighted by atomic mass is 10.2. The molecule has 2 aliphatic rings. The number of carbonyl (C=O) groups is 1. The zero-order valence-corrected chi connectivity index (χ0v) is 17.9. The van der Waals surface area contributed by atoms with Crippen LogP contribution in [0.1, 0.15) is 29.2 Å². The van der Waals surface area contributed by atoms with Crippen molar-refractivity contribution >= 4 is 23.2 Å². The fourth-order valence-corrected chi connectivity index (χ4v) is 4.00. The van der Waals surface area contributed by atoms with Crippen LogP contribution in [0.2, 0.25) is 5.02 Å². The van der Waals surface area contributed by atoms with Crippen LogP contribution in [0.5, 0.6) is 5.75 Å². The Balaban J connectivity index is 1.27. The highest BCUT2D eigenvalue weighted by molar-refractivity contribution is 6.30. The first-order valence-electron chi connectivity index (χ1n) is 10.3. The number of aromatic nitrogens is 1. The molecule has 30 heavy (non-hydrogen) atoms. The van der Waals surface area contributed by atoms with Crippen molar-refractivity contribution in [3.8, 4) is 5.75 Å². The van der Waals surface area contributed by atoms with Crippen LogP contribution in [0, 0.1) is 0 Å². The molecule has 9 heteroatoms. The fraction of sp³-hybridized carbons (Fsp3) is 0.524. The summed E-state index contributed by atoms with van der Waals surface area (Å²) < 4.78 is 16.5. The van der Waals surface area contributed by atoms with Gasteiger partial charge < -0.3 is 24.1 Å². The van der Waals surface area contributed by atoms with Gasteiger partial charge in [-0.3, -0.25) is 9.69 Å². The zero-order chi connectivity index (χ0) is 20.9. The third-order valence-corrected chi connectivity index (χ3v) is 5.75. The van der Waals surface area contributed by atoms with Gasteiger partial charge in [0.15, 0.2) is 5.69 Å². The Morgan fingerprint density at radius 2 is 2.17 bits per heavy atom. The van der Waals surface area contributed by atoms with Gasteiger partial charge in [-0.1, -0.05) is 11.6 Å². The molecule has 1 aromatic carbocycles. The summed E-state index contributed by atoms with van der Waals surface area (Å²) in [5.74, 6) is 1.14. The molecule has 0 radical (unpaired) electrons. The van der Waals surface area contributed by atoms with Crippen molar-refractivity contribution in [2.24, 2.45) is 0 Å². The second-order valence-electron chi connectivity index (χ2n) is 7.55. The highest BCUT2D eigenvalue weighted by Gasteiger charge is 2.22. The van der Waals surface area contributed by atoms with Gasteiger partial charge >= 0.3 is 0 Å². The molecule has 3 heterocycles. The molecule has 1 atom stereocenters. The summed E-state index contributed by atoms with van der Waals surface area (Å²) in [6, 6.07) is 5.66. The first-order valence-corrected chi connectivity index (χ1v) is 10.6. The van der Waals surface area contributed by atoms with E-state index in [1.54, 1.807) is 7.11 Å². The number of methoxy groups -OCH3 is 1.